The van der Waals surface area contributed by atoms with Gasteiger partial charge in [0.1, 0.15) is 0 Å². The summed E-state index contributed by atoms with van der Waals surface area (Å²) in [6.07, 6.45) is 11.5. The Bertz CT molecular complexity index is 513. The number of halogens is 1. The Morgan fingerprint density at radius 2 is 1.96 bits per heavy atom. The van der Waals surface area contributed by atoms with Crippen LogP contribution in [0.25, 0.3) is 0 Å². The fraction of sp³-hybridized carbons (Fsp3) is 0.700. The second kappa shape index (κ2) is 14.2. The van der Waals surface area contributed by atoms with E-state index < -0.39 is 0 Å². The van der Waals surface area contributed by atoms with Crippen molar-refractivity contribution in [1.29, 1.82) is 0 Å². The molecule has 1 aromatic rings. The minimum atomic E-state index is 0. The zero-order valence-corrected chi connectivity index (χ0v) is 18.8. The highest BCUT2D eigenvalue weighted by Gasteiger charge is 2.08. The van der Waals surface area contributed by atoms with E-state index >= 15 is 0 Å². The molecule has 1 saturated heterocycles. The lowest BCUT2D eigenvalue weighted by atomic mass is 10.1. The SMILES string of the molecule is CCNC(=NCCCN1CCCCCC1)NCCc1ccncc1C.I. The van der Waals surface area contributed by atoms with Crippen LogP contribution in [-0.2, 0) is 6.42 Å². The fourth-order valence-electron chi connectivity index (χ4n) is 3.28. The first-order chi connectivity index (χ1) is 12.3. The number of likely N-dealkylation sites (tertiary alicyclic amines) is 1. The van der Waals surface area contributed by atoms with Crippen LogP contribution < -0.4 is 10.6 Å². The molecular weight excluding hydrogens is 437 g/mol. The minimum Gasteiger partial charge on any atom is -0.357 e. The number of aromatic nitrogens is 1. The Kier molecular flexibility index (Phi) is 12.6. The van der Waals surface area contributed by atoms with Gasteiger partial charge in [-0.1, -0.05) is 12.8 Å². The highest BCUT2D eigenvalue weighted by molar-refractivity contribution is 14.0. The number of guanidine groups is 1. The molecule has 2 heterocycles. The van der Waals surface area contributed by atoms with Crippen molar-refractivity contribution < 1.29 is 0 Å². The van der Waals surface area contributed by atoms with E-state index in [9.17, 15) is 0 Å². The van der Waals surface area contributed by atoms with E-state index in [4.69, 9.17) is 4.99 Å². The van der Waals surface area contributed by atoms with Crippen LogP contribution in [0.3, 0.4) is 0 Å². The molecule has 148 valence electrons. The molecule has 2 N–H and O–H groups in total. The van der Waals surface area contributed by atoms with Gasteiger partial charge < -0.3 is 15.5 Å². The Morgan fingerprint density at radius 3 is 2.65 bits per heavy atom. The standard InChI is InChI=1S/C20H35N5.HI/c1-3-22-20(24-13-10-19-9-12-21-17-18(19)2)23-11-8-16-25-14-6-4-5-7-15-25;/h9,12,17H,3-8,10-11,13-16H2,1-2H3,(H2,22,23,24);1H. The molecule has 0 bridgehead atoms. The Labute approximate surface area is 176 Å². The lowest BCUT2D eigenvalue weighted by Gasteiger charge is -2.19. The zero-order valence-electron chi connectivity index (χ0n) is 16.5. The number of hydrogen-bond donors (Lipinski definition) is 2. The Morgan fingerprint density at radius 1 is 1.19 bits per heavy atom. The Balaban J connectivity index is 0.00000338. The largest absolute Gasteiger partial charge is 0.357 e. The monoisotopic (exact) mass is 473 g/mol. The summed E-state index contributed by atoms with van der Waals surface area (Å²) >= 11 is 0. The molecule has 6 heteroatoms. The van der Waals surface area contributed by atoms with E-state index in [1.54, 1.807) is 0 Å². The van der Waals surface area contributed by atoms with Crippen LogP contribution in [0.1, 0.15) is 50.2 Å². The first kappa shape index (κ1) is 23.1. The lowest BCUT2D eigenvalue weighted by Crippen LogP contribution is -2.38. The highest BCUT2D eigenvalue weighted by Crippen LogP contribution is 2.09. The topological polar surface area (TPSA) is 52.6 Å². The summed E-state index contributed by atoms with van der Waals surface area (Å²) in [4.78, 5) is 11.5. The molecular formula is C20H36IN5. The molecule has 0 radical (unpaired) electrons. The Hall–Kier alpha value is -0.890. The first-order valence-corrected chi connectivity index (χ1v) is 9.93. The quantitative estimate of drug-likeness (QED) is 0.263. The van der Waals surface area contributed by atoms with Gasteiger partial charge in [-0.25, -0.2) is 0 Å². The van der Waals surface area contributed by atoms with Gasteiger partial charge >= 0.3 is 0 Å². The molecule has 0 spiro atoms. The summed E-state index contributed by atoms with van der Waals surface area (Å²) < 4.78 is 0. The van der Waals surface area contributed by atoms with Gasteiger partial charge in [0.25, 0.3) is 0 Å². The van der Waals surface area contributed by atoms with Crippen molar-refractivity contribution in [3.05, 3.63) is 29.6 Å². The normalized spacial score (nSPS) is 15.8. The first-order valence-electron chi connectivity index (χ1n) is 9.93. The molecule has 0 atom stereocenters. The average Bonchev–Trinajstić information content (AvgIpc) is 2.89. The highest BCUT2D eigenvalue weighted by atomic mass is 127. The molecule has 0 aliphatic carbocycles. The second-order valence-electron chi connectivity index (χ2n) is 6.85. The van der Waals surface area contributed by atoms with Gasteiger partial charge in [0, 0.05) is 32.0 Å². The predicted octanol–water partition coefficient (Wildman–Crippen LogP) is 3.37. The molecule has 26 heavy (non-hydrogen) atoms. The number of nitrogens with zero attached hydrogens (tertiary/aromatic N) is 3. The maximum absolute atomic E-state index is 4.73. The van der Waals surface area contributed by atoms with Crippen LogP contribution in [0.4, 0.5) is 0 Å². The third-order valence-electron chi connectivity index (χ3n) is 4.77. The van der Waals surface area contributed by atoms with Crippen molar-refractivity contribution in [3.63, 3.8) is 0 Å². The summed E-state index contributed by atoms with van der Waals surface area (Å²) in [6.45, 7) is 10.6. The van der Waals surface area contributed by atoms with Crippen LogP contribution in [0.2, 0.25) is 0 Å². The van der Waals surface area contributed by atoms with Crippen molar-refractivity contribution >= 4 is 29.9 Å². The molecule has 1 fully saturated rings. The number of pyridine rings is 1. The summed E-state index contributed by atoms with van der Waals surface area (Å²) in [5.74, 6) is 0.935. The van der Waals surface area contributed by atoms with Gasteiger partial charge in [0.2, 0.25) is 0 Å². The number of nitrogens with one attached hydrogen (secondary N) is 2. The van der Waals surface area contributed by atoms with E-state index in [0.29, 0.717) is 0 Å². The molecule has 1 aliphatic rings. The molecule has 0 aromatic carbocycles. The van der Waals surface area contributed by atoms with Crippen molar-refractivity contribution in [3.8, 4) is 0 Å². The molecule has 0 amide bonds. The molecule has 0 unspecified atom stereocenters. The summed E-state index contributed by atoms with van der Waals surface area (Å²) in [5.41, 5.74) is 2.60. The minimum absolute atomic E-state index is 0. The van der Waals surface area contributed by atoms with Crippen LogP contribution in [0.5, 0.6) is 0 Å². The molecule has 0 saturated carbocycles. The van der Waals surface area contributed by atoms with Crippen LogP contribution >= 0.6 is 24.0 Å². The summed E-state index contributed by atoms with van der Waals surface area (Å²) in [5, 5.41) is 6.79. The molecule has 1 aliphatic heterocycles. The maximum Gasteiger partial charge on any atom is 0.191 e. The van der Waals surface area contributed by atoms with Crippen molar-refractivity contribution in [2.24, 2.45) is 4.99 Å². The van der Waals surface area contributed by atoms with Crippen molar-refractivity contribution in [2.45, 2.75) is 52.4 Å². The number of aryl methyl sites for hydroxylation is 1. The fourth-order valence-corrected chi connectivity index (χ4v) is 3.28. The smallest absolute Gasteiger partial charge is 0.191 e. The summed E-state index contributed by atoms with van der Waals surface area (Å²) in [6, 6.07) is 2.10. The van der Waals surface area contributed by atoms with Gasteiger partial charge in [0.05, 0.1) is 0 Å². The molecule has 1 aromatic heterocycles. The lowest BCUT2D eigenvalue weighted by molar-refractivity contribution is 0.283. The van der Waals surface area contributed by atoms with E-state index in [-0.39, 0.29) is 24.0 Å². The van der Waals surface area contributed by atoms with E-state index in [2.05, 4.69) is 40.4 Å². The van der Waals surface area contributed by atoms with Gasteiger partial charge in [-0.3, -0.25) is 9.98 Å². The van der Waals surface area contributed by atoms with Crippen LogP contribution in [0, 0.1) is 6.92 Å². The van der Waals surface area contributed by atoms with E-state index in [1.165, 1.54) is 56.4 Å². The van der Waals surface area contributed by atoms with Gasteiger partial charge in [-0.2, -0.15) is 0 Å². The van der Waals surface area contributed by atoms with Gasteiger partial charge in [0.15, 0.2) is 5.96 Å². The van der Waals surface area contributed by atoms with Crippen molar-refractivity contribution in [1.82, 2.24) is 20.5 Å². The third kappa shape index (κ3) is 9.16. The maximum atomic E-state index is 4.73. The number of hydrogen-bond acceptors (Lipinski definition) is 3. The van der Waals surface area contributed by atoms with Gasteiger partial charge in [-0.05, 0) is 76.4 Å². The average molecular weight is 473 g/mol. The van der Waals surface area contributed by atoms with E-state index in [0.717, 1.165) is 38.4 Å². The van der Waals surface area contributed by atoms with Crippen LogP contribution in [0.15, 0.2) is 23.5 Å². The predicted molar refractivity (Wildman–Crippen MR) is 122 cm³/mol. The second-order valence-corrected chi connectivity index (χ2v) is 6.85. The molecule has 5 nitrogen and oxygen atoms in total. The van der Waals surface area contributed by atoms with Crippen LogP contribution in [-0.4, -0.2) is 55.1 Å². The van der Waals surface area contributed by atoms with Crippen molar-refractivity contribution in [2.75, 3.05) is 39.3 Å². The van der Waals surface area contributed by atoms with E-state index in [1.807, 2.05) is 12.4 Å². The molecule has 2 rings (SSSR count). The summed E-state index contributed by atoms with van der Waals surface area (Å²) in [7, 11) is 0. The third-order valence-corrected chi connectivity index (χ3v) is 4.77. The van der Waals surface area contributed by atoms with Gasteiger partial charge in [-0.15, -0.1) is 24.0 Å². The number of aliphatic imine (C=N–C) groups is 1. The number of rotatable bonds is 8. The zero-order chi connectivity index (χ0) is 17.7.